The number of esters is 1. The lowest BCUT2D eigenvalue weighted by atomic mass is 10.0. The van der Waals surface area contributed by atoms with Crippen LogP contribution in [0, 0.1) is 0 Å². The minimum absolute atomic E-state index is 0.200. The zero-order chi connectivity index (χ0) is 20.1. The fourth-order valence-electron chi connectivity index (χ4n) is 3.20. The maximum atomic E-state index is 12.6. The van der Waals surface area contributed by atoms with Crippen molar-refractivity contribution in [1.29, 1.82) is 0 Å². The number of nitrogens with one attached hydrogen (secondary N) is 1. The van der Waals surface area contributed by atoms with Crippen molar-refractivity contribution in [1.82, 2.24) is 4.90 Å². The summed E-state index contributed by atoms with van der Waals surface area (Å²) in [4.78, 5) is 27.2. The minimum atomic E-state index is -0.513. The van der Waals surface area contributed by atoms with Crippen LogP contribution in [0.2, 0.25) is 4.34 Å². The summed E-state index contributed by atoms with van der Waals surface area (Å²) >= 11 is 7.60. The number of piperidine rings is 1. The van der Waals surface area contributed by atoms with Crippen molar-refractivity contribution in [3.63, 3.8) is 0 Å². The number of carbonyl (C=O) groups is 2. The second-order valence-corrected chi connectivity index (χ2v) is 8.22. The average molecular weight is 423 g/mol. The van der Waals surface area contributed by atoms with Crippen LogP contribution in [0.1, 0.15) is 30.1 Å². The second-order valence-electron chi connectivity index (χ2n) is 6.60. The van der Waals surface area contributed by atoms with Crippen molar-refractivity contribution >= 4 is 39.8 Å². The maximum absolute atomic E-state index is 12.6. The summed E-state index contributed by atoms with van der Waals surface area (Å²) in [5, 5.41) is 12.8. The second kappa shape index (κ2) is 9.52. The van der Waals surface area contributed by atoms with Crippen molar-refractivity contribution in [2.75, 3.05) is 31.6 Å². The first kappa shape index (κ1) is 20.8. The molecule has 1 aromatic heterocycles. The summed E-state index contributed by atoms with van der Waals surface area (Å²) in [6.45, 7) is 3.49. The van der Waals surface area contributed by atoms with Gasteiger partial charge < -0.3 is 15.2 Å². The van der Waals surface area contributed by atoms with Crippen LogP contribution in [0.4, 0.5) is 5.00 Å². The number of benzene rings is 1. The molecule has 2 heterocycles. The van der Waals surface area contributed by atoms with E-state index in [0.717, 1.165) is 16.9 Å². The fourth-order valence-corrected chi connectivity index (χ4v) is 4.59. The molecule has 6 nitrogen and oxygen atoms in total. The van der Waals surface area contributed by atoms with Gasteiger partial charge in [-0.1, -0.05) is 41.9 Å². The number of hydrogen-bond donors (Lipinski definition) is 2. The average Bonchev–Trinajstić information content (AvgIpc) is 3.00. The molecule has 1 aliphatic rings. The number of anilines is 1. The van der Waals surface area contributed by atoms with Gasteiger partial charge in [-0.3, -0.25) is 9.69 Å². The third-order valence-electron chi connectivity index (χ3n) is 4.58. The predicted octanol–water partition coefficient (Wildman–Crippen LogP) is 3.64. The number of nitrogens with zero attached hydrogens (tertiary/aromatic N) is 1. The van der Waals surface area contributed by atoms with Gasteiger partial charge in [-0.15, -0.1) is 11.3 Å². The summed E-state index contributed by atoms with van der Waals surface area (Å²) in [6.07, 6.45) is 1.02. The van der Waals surface area contributed by atoms with E-state index in [-0.39, 0.29) is 30.7 Å². The summed E-state index contributed by atoms with van der Waals surface area (Å²) in [5.74, 6) is -0.736. The van der Waals surface area contributed by atoms with E-state index in [1.54, 1.807) is 6.92 Å². The molecule has 8 heteroatoms. The summed E-state index contributed by atoms with van der Waals surface area (Å²) in [6, 6.07) is 9.33. The highest BCUT2D eigenvalue weighted by molar-refractivity contribution is 7.21. The molecule has 2 aromatic rings. The number of rotatable bonds is 6. The highest BCUT2D eigenvalue weighted by atomic mass is 35.5. The molecule has 0 spiro atoms. The van der Waals surface area contributed by atoms with Crippen LogP contribution in [0.3, 0.4) is 0 Å². The van der Waals surface area contributed by atoms with E-state index in [2.05, 4.69) is 5.32 Å². The van der Waals surface area contributed by atoms with Gasteiger partial charge in [0.25, 0.3) is 0 Å². The quantitative estimate of drug-likeness (QED) is 0.695. The minimum Gasteiger partial charge on any atom is -0.462 e. The van der Waals surface area contributed by atoms with E-state index in [9.17, 15) is 14.7 Å². The topological polar surface area (TPSA) is 78.9 Å². The van der Waals surface area contributed by atoms with E-state index in [4.69, 9.17) is 16.3 Å². The molecule has 0 radical (unpaired) electrons. The molecule has 0 atom stereocenters. The standard InChI is InChI=1S/C20H23ClN2O4S/c1-2-27-20(26)17-16(13-6-4-3-5-7-13)18(21)28-19(17)22-15(25)12-23-10-8-14(24)9-11-23/h3-7,14,24H,2,8-12H2,1H3,(H,22,25). The number of ether oxygens (including phenoxy) is 1. The highest BCUT2D eigenvalue weighted by Crippen LogP contribution is 2.43. The molecule has 1 saturated heterocycles. The van der Waals surface area contributed by atoms with Crippen molar-refractivity contribution in [2.24, 2.45) is 0 Å². The number of likely N-dealkylation sites (tertiary alicyclic amines) is 1. The summed E-state index contributed by atoms with van der Waals surface area (Å²) < 4.78 is 5.63. The Morgan fingerprint density at radius 3 is 2.61 bits per heavy atom. The number of aliphatic hydroxyl groups is 1. The van der Waals surface area contributed by atoms with Crippen molar-refractivity contribution in [3.8, 4) is 11.1 Å². The van der Waals surface area contributed by atoms with Crippen LogP contribution < -0.4 is 5.32 Å². The largest absolute Gasteiger partial charge is 0.462 e. The van der Waals surface area contributed by atoms with Gasteiger partial charge in [-0.25, -0.2) is 4.79 Å². The number of hydrogen-bond acceptors (Lipinski definition) is 6. The van der Waals surface area contributed by atoms with Crippen molar-refractivity contribution in [3.05, 3.63) is 40.2 Å². The van der Waals surface area contributed by atoms with Crippen LogP contribution in [0.15, 0.2) is 30.3 Å². The molecule has 1 aliphatic heterocycles. The van der Waals surface area contributed by atoms with Crippen molar-refractivity contribution < 1.29 is 19.4 Å². The van der Waals surface area contributed by atoms with Crippen LogP contribution in [0.25, 0.3) is 11.1 Å². The van der Waals surface area contributed by atoms with Gasteiger partial charge in [0.1, 0.15) is 14.9 Å². The monoisotopic (exact) mass is 422 g/mol. The molecular weight excluding hydrogens is 400 g/mol. The third kappa shape index (κ3) is 4.91. The first-order valence-corrected chi connectivity index (χ1v) is 10.4. The lowest BCUT2D eigenvalue weighted by Gasteiger charge is -2.28. The first-order valence-electron chi connectivity index (χ1n) is 9.24. The fraction of sp³-hybridized carbons (Fsp3) is 0.400. The number of aliphatic hydroxyl groups excluding tert-OH is 1. The van der Waals surface area contributed by atoms with Gasteiger partial charge in [-0.05, 0) is 25.3 Å². The van der Waals surface area contributed by atoms with Gasteiger partial charge >= 0.3 is 5.97 Å². The number of amides is 1. The molecule has 2 N–H and O–H groups in total. The normalized spacial score (nSPS) is 15.4. The zero-order valence-corrected chi connectivity index (χ0v) is 17.2. The molecular formula is C20H23ClN2O4S. The Bertz CT molecular complexity index is 832. The van der Waals surface area contributed by atoms with E-state index < -0.39 is 5.97 Å². The first-order chi connectivity index (χ1) is 13.5. The molecule has 1 amide bonds. The lowest BCUT2D eigenvalue weighted by Crippen LogP contribution is -2.40. The Hall–Kier alpha value is -1.93. The third-order valence-corrected chi connectivity index (χ3v) is 5.90. The Morgan fingerprint density at radius 2 is 1.96 bits per heavy atom. The smallest absolute Gasteiger partial charge is 0.341 e. The van der Waals surface area contributed by atoms with Gasteiger partial charge in [0, 0.05) is 18.7 Å². The Balaban J connectivity index is 1.84. The van der Waals surface area contributed by atoms with Gasteiger partial charge in [0.2, 0.25) is 5.91 Å². The van der Waals surface area contributed by atoms with Crippen LogP contribution in [-0.2, 0) is 9.53 Å². The molecule has 150 valence electrons. The Morgan fingerprint density at radius 1 is 1.29 bits per heavy atom. The van der Waals surface area contributed by atoms with E-state index in [1.807, 2.05) is 35.2 Å². The molecule has 1 fully saturated rings. The molecule has 0 saturated carbocycles. The molecule has 0 bridgehead atoms. The predicted molar refractivity (Wildman–Crippen MR) is 111 cm³/mol. The SMILES string of the molecule is CCOC(=O)c1c(NC(=O)CN2CCC(O)CC2)sc(Cl)c1-c1ccccc1. The van der Waals surface area contributed by atoms with E-state index in [0.29, 0.717) is 40.8 Å². The number of thiophene rings is 1. The summed E-state index contributed by atoms with van der Waals surface area (Å²) in [7, 11) is 0. The molecule has 0 aliphatic carbocycles. The maximum Gasteiger partial charge on any atom is 0.341 e. The van der Waals surface area contributed by atoms with Gasteiger partial charge in [0.15, 0.2) is 0 Å². The van der Waals surface area contributed by atoms with Crippen LogP contribution in [-0.4, -0.2) is 54.2 Å². The molecule has 1 aromatic carbocycles. The molecule has 3 rings (SSSR count). The Kier molecular flexibility index (Phi) is 7.07. The van der Waals surface area contributed by atoms with Crippen molar-refractivity contribution in [2.45, 2.75) is 25.9 Å². The van der Waals surface area contributed by atoms with E-state index >= 15 is 0 Å². The molecule has 28 heavy (non-hydrogen) atoms. The van der Waals surface area contributed by atoms with Crippen LogP contribution >= 0.6 is 22.9 Å². The van der Waals surface area contributed by atoms with E-state index in [1.165, 1.54) is 0 Å². The van der Waals surface area contributed by atoms with Crippen LogP contribution in [0.5, 0.6) is 0 Å². The zero-order valence-electron chi connectivity index (χ0n) is 15.6. The number of halogens is 1. The Labute approximate surface area is 173 Å². The van der Waals surface area contributed by atoms with Gasteiger partial charge in [-0.2, -0.15) is 0 Å². The highest BCUT2D eigenvalue weighted by Gasteiger charge is 2.27. The number of carbonyl (C=O) groups excluding carboxylic acids is 2. The molecule has 0 unspecified atom stereocenters. The van der Waals surface area contributed by atoms with Gasteiger partial charge in [0.05, 0.1) is 19.3 Å². The lowest BCUT2D eigenvalue weighted by molar-refractivity contribution is -0.117. The summed E-state index contributed by atoms with van der Waals surface area (Å²) in [5.41, 5.74) is 1.64.